The standard InChI is InChI=1S/C21H30N6O5S.C2HF3O2/c1-13(19(28)25-16(20(29)30)9-6-12-24-21(22)23)26-33(31,32)18-11-5-7-14-15(18)8-4-10-17(14)27(2)3;3-2(4,5)1(6)7/h4-5,7-8,10-11,13,16,26H,6,9,12H2,1-3H3,(H,25,28)(H,29,30)(H4,22,23,24);(H,6,7). The average Bonchev–Trinajstić information content (AvgIpc) is 2.84. The third kappa shape index (κ3) is 10.2. The number of aliphatic carboxylic acids is 2. The Kier molecular flexibility index (Phi) is 12.1. The van der Waals surface area contributed by atoms with Gasteiger partial charge in [-0.2, -0.15) is 17.9 Å². The van der Waals surface area contributed by atoms with Crippen LogP contribution in [0.15, 0.2) is 46.3 Å². The number of halogens is 3. The molecule has 0 radical (unpaired) electrons. The fraction of sp³-hybridized carbons (Fsp3) is 0.391. The number of nitrogens with two attached hydrogens (primary N) is 2. The summed E-state index contributed by atoms with van der Waals surface area (Å²) in [5.74, 6) is -4.87. The molecule has 17 heteroatoms. The second-order valence-electron chi connectivity index (χ2n) is 8.52. The van der Waals surface area contributed by atoms with Crippen LogP contribution in [0.25, 0.3) is 10.8 Å². The number of alkyl halides is 3. The monoisotopic (exact) mass is 592 g/mol. The van der Waals surface area contributed by atoms with Gasteiger partial charge >= 0.3 is 18.1 Å². The van der Waals surface area contributed by atoms with Crippen LogP contribution in [-0.2, 0) is 24.4 Å². The Morgan fingerprint density at radius 1 is 1.05 bits per heavy atom. The summed E-state index contributed by atoms with van der Waals surface area (Å²) < 4.78 is 60.2. The van der Waals surface area contributed by atoms with Gasteiger partial charge in [-0.25, -0.2) is 18.0 Å². The number of nitrogens with one attached hydrogen (secondary N) is 2. The van der Waals surface area contributed by atoms with Crippen LogP contribution in [0.4, 0.5) is 18.9 Å². The number of nitrogens with zero attached hydrogens (tertiary/aromatic N) is 2. The molecule has 0 aliphatic rings. The van der Waals surface area contributed by atoms with Crippen molar-refractivity contribution in [2.45, 2.75) is 42.9 Å². The van der Waals surface area contributed by atoms with Crippen LogP contribution in [0.3, 0.4) is 0 Å². The lowest BCUT2D eigenvalue weighted by Gasteiger charge is -2.20. The number of sulfonamides is 1. The molecule has 2 unspecified atom stereocenters. The van der Waals surface area contributed by atoms with E-state index in [-0.39, 0.29) is 23.8 Å². The molecule has 0 saturated carbocycles. The molecule has 40 heavy (non-hydrogen) atoms. The first kappa shape index (κ1) is 33.9. The zero-order valence-corrected chi connectivity index (χ0v) is 22.6. The molecule has 0 fully saturated rings. The zero-order valence-electron chi connectivity index (χ0n) is 21.8. The van der Waals surface area contributed by atoms with E-state index in [1.807, 2.05) is 31.1 Å². The van der Waals surface area contributed by atoms with E-state index in [1.165, 1.54) is 13.0 Å². The minimum absolute atomic E-state index is 0.0235. The predicted octanol–water partition coefficient (Wildman–Crippen LogP) is 0.829. The molecule has 1 amide bonds. The lowest BCUT2D eigenvalue weighted by Crippen LogP contribution is -2.50. The van der Waals surface area contributed by atoms with E-state index in [1.54, 1.807) is 18.2 Å². The molecular weight excluding hydrogens is 561 g/mol. The Balaban J connectivity index is 0.00000101. The largest absolute Gasteiger partial charge is 0.490 e. The van der Waals surface area contributed by atoms with Crippen molar-refractivity contribution in [2.75, 3.05) is 25.5 Å². The van der Waals surface area contributed by atoms with Crippen LogP contribution < -0.4 is 26.4 Å². The first-order valence-corrected chi connectivity index (χ1v) is 13.0. The van der Waals surface area contributed by atoms with Gasteiger partial charge in [-0.1, -0.05) is 24.3 Å². The summed E-state index contributed by atoms with van der Waals surface area (Å²) in [6.45, 7) is 1.56. The van der Waals surface area contributed by atoms with Gasteiger partial charge in [0.05, 0.1) is 10.9 Å². The number of hydrogen-bond donors (Lipinski definition) is 6. The molecular formula is C23H31F3N6O7S. The normalized spacial score (nSPS) is 12.8. The fourth-order valence-corrected chi connectivity index (χ4v) is 4.72. The Labute approximate surface area is 228 Å². The van der Waals surface area contributed by atoms with Crippen LogP contribution in [0, 0.1) is 0 Å². The Morgan fingerprint density at radius 2 is 1.60 bits per heavy atom. The third-order valence-corrected chi connectivity index (χ3v) is 6.76. The summed E-state index contributed by atoms with van der Waals surface area (Å²) in [6, 6.07) is 7.82. The van der Waals surface area contributed by atoms with Crippen LogP contribution >= 0.6 is 0 Å². The minimum atomic E-state index is -5.08. The van der Waals surface area contributed by atoms with E-state index in [9.17, 15) is 36.3 Å². The maximum absolute atomic E-state index is 13.1. The Bertz CT molecular complexity index is 1350. The third-order valence-electron chi connectivity index (χ3n) is 5.16. The van der Waals surface area contributed by atoms with Gasteiger partial charge in [0.1, 0.15) is 6.04 Å². The van der Waals surface area contributed by atoms with Crippen molar-refractivity contribution >= 4 is 50.3 Å². The molecule has 0 heterocycles. The summed E-state index contributed by atoms with van der Waals surface area (Å²) in [6.07, 6.45) is -4.69. The molecule has 0 spiro atoms. The molecule has 0 saturated heterocycles. The Morgan fingerprint density at radius 3 is 2.10 bits per heavy atom. The molecule has 0 bridgehead atoms. The number of carboxylic acid groups (broad SMARTS) is 2. The molecule has 0 aliphatic heterocycles. The number of aliphatic imine (C=N–C) groups is 1. The molecule has 2 aromatic carbocycles. The van der Waals surface area contributed by atoms with Crippen LogP contribution in [0.1, 0.15) is 19.8 Å². The quantitative estimate of drug-likeness (QED) is 0.123. The van der Waals surface area contributed by atoms with E-state index in [0.717, 1.165) is 11.1 Å². The average molecular weight is 593 g/mol. The van der Waals surface area contributed by atoms with Crippen molar-refractivity contribution in [1.29, 1.82) is 0 Å². The van der Waals surface area contributed by atoms with Gasteiger partial charge in [-0.3, -0.25) is 9.79 Å². The number of guanidine groups is 1. The lowest BCUT2D eigenvalue weighted by atomic mass is 10.1. The van der Waals surface area contributed by atoms with E-state index in [4.69, 9.17) is 21.4 Å². The van der Waals surface area contributed by atoms with Crippen molar-refractivity contribution in [3.8, 4) is 0 Å². The zero-order chi connectivity index (χ0) is 30.8. The summed E-state index contributed by atoms with van der Waals surface area (Å²) in [4.78, 5) is 38.6. The molecule has 222 valence electrons. The predicted molar refractivity (Wildman–Crippen MR) is 141 cm³/mol. The number of carboxylic acids is 2. The van der Waals surface area contributed by atoms with Crippen molar-refractivity contribution in [2.24, 2.45) is 16.5 Å². The maximum Gasteiger partial charge on any atom is 0.490 e. The van der Waals surface area contributed by atoms with E-state index >= 15 is 0 Å². The number of hydrogen-bond acceptors (Lipinski definition) is 7. The highest BCUT2D eigenvalue weighted by Gasteiger charge is 2.38. The van der Waals surface area contributed by atoms with Crippen LogP contribution in [0.2, 0.25) is 0 Å². The first-order valence-electron chi connectivity index (χ1n) is 11.5. The number of rotatable bonds is 11. The summed E-state index contributed by atoms with van der Waals surface area (Å²) in [7, 11) is -0.367. The molecule has 0 aliphatic carbocycles. The first-order chi connectivity index (χ1) is 18.4. The number of carbonyl (C=O) groups excluding carboxylic acids is 1. The van der Waals surface area contributed by atoms with Gasteiger partial charge in [0, 0.05) is 37.1 Å². The molecule has 2 atom stereocenters. The van der Waals surface area contributed by atoms with Gasteiger partial charge in [0.2, 0.25) is 15.9 Å². The van der Waals surface area contributed by atoms with Crippen molar-refractivity contribution in [3.05, 3.63) is 36.4 Å². The Hall–Kier alpha value is -4.12. The molecule has 8 N–H and O–H groups in total. The van der Waals surface area contributed by atoms with Crippen LogP contribution in [-0.4, -0.2) is 81.3 Å². The van der Waals surface area contributed by atoms with Crippen molar-refractivity contribution < 1.29 is 46.2 Å². The van der Waals surface area contributed by atoms with E-state index in [2.05, 4.69) is 15.0 Å². The van der Waals surface area contributed by atoms with Gasteiger partial charge in [0.15, 0.2) is 5.96 Å². The van der Waals surface area contributed by atoms with Crippen LogP contribution in [0.5, 0.6) is 0 Å². The minimum Gasteiger partial charge on any atom is -0.480 e. The van der Waals surface area contributed by atoms with Crippen molar-refractivity contribution in [3.63, 3.8) is 0 Å². The highest BCUT2D eigenvalue weighted by Crippen LogP contribution is 2.30. The number of benzene rings is 2. The summed E-state index contributed by atoms with van der Waals surface area (Å²) in [5.41, 5.74) is 11.3. The lowest BCUT2D eigenvalue weighted by molar-refractivity contribution is -0.192. The van der Waals surface area contributed by atoms with Crippen molar-refractivity contribution in [1.82, 2.24) is 10.0 Å². The van der Waals surface area contributed by atoms with Gasteiger partial charge < -0.3 is 31.9 Å². The molecule has 0 aromatic heterocycles. The summed E-state index contributed by atoms with van der Waals surface area (Å²) >= 11 is 0. The van der Waals surface area contributed by atoms with Gasteiger partial charge in [-0.15, -0.1) is 0 Å². The highest BCUT2D eigenvalue weighted by atomic mass is 32.2. The maximum atomic E-state index is 13.1. The van der Waals surface area contributed by atoms with E-state index in [0.29, 0.717) is 11.8 Å². The number of anilines is 1. The number of fused-ring (bicyclic) bond motifs is 1. The smallest absolute Gasteiger partial charge is 0.480 e. The topological polar surface area (TPSA) is 218 Å². The van der Waals surface area contributed by atoms with Gasteiger partial charge in [0.25, 0.3) is 0 Å². The SMILES string of the molecule is CC(NS(=O)(=O)c1cccc2c(N(C)C)cccc12)C(=O)NC(CCCN=C(N)N)C(=O)O.O=C(O)C(F)(F)F. The van der Waals surface area contributed by atoms with E-state index < -0.39 is 46.1 Å². The fourth-order valence-electron chi connectivity index (χ4n) is 3.30. The highest BCUT2D eigenvalue weighted by molar-refractivity contribution is 7.89. The number of amides is 1. The molecule has 2 rings (SSSR count). The molecule has 2 aromatic rings. The second-order valence-corrected chi connectivity index (χ2v) is 10.2. The molecule has 13 nitrogen and oxygen atoms in total. The second kappa shape index (κ2) is 14.3. The summed E-state index contributed by atoms with van der Waals surface area (Å²) in [5, 5.41) is 20.1. The number of carbonyl (C=O) groups is 3. The van der Waals surface area contributed by atoms with Gasteiger partial charge in [-0.05, 0) is 31.9 Å².